The summed E-state index contributed by atoms with van der Waals surface area (Å²) >= 11 is 0. The van der Waals surface area contributed by atoms with Crippen LogP contribution in [0.25, 0.3) is 54.6 Å². The summed E-state index contributed by atoms with van der Waals surface area (Å²) in [7, 11) is 0. The van der Waals surface area contributed by atoms with Gasteiger partial charge in [0, 0.05) is 46.3 Å². The van der Waals surface area contributed by atoms with Gasteiger partial charge in [-0.2, -0.15) is 0 Å². The largest absolute Gasteiger partial charge is 0.307 e. The quantitative estimate of drug-likeness (QED) is 0.148. The number of hydrogen-bond donors (Lipinski definition) is 0. The van der Waals surface area contributed by atoms with Gasteiger partial charge in [0.1, 0.15) is 0 Å². The molecule has 0 atom stereocenters. The molecule has 0 saturated heterocycles. The molecule has 0 aliphatic rings. The zero-order valence-corrected chi connectivity index (χ0v) is 29.2. The molecule has 4 aromatic heterocycles. The van der Waals surface area contributed by atoms with Crippen LogP contribution in [0.3, 0.4) is 0 Å². The molecule has 10 aromatic rings. The van der Waals surface area contributed by atoms with Crippen LogP contribution in [0.4, 0.5) is 34.1 Å². The van der Waals surface area contributed by atoms with Crippen molar-refractivity contribution in [1.29, 1.82) is 0 Å². The first-order valence-electron chi connectivity index (χ1n) is 17.9. The van der Waals surface area contributed by atoms with Crippen molar-refractivity contribution >= 4 is 66.4 Å². The van der Waals surface area contributed by atoms with Gasteiger partial charge in [-0.15, -0.1) is 0 Å². The molecule has 0 amide bonds. The highest BCUT2D eigenvalue weighted by Crippen LogP contribution is 2.51. The minimum atomic E-state index is 0.949. The Hall–Kier alpha value is -7.44. The molecule has 54 heavy (non-hydrogen) atoms. The average Bonchev–Trinajstić information content (AvgIpc) is 3.25. The van der Waals surface area contributed by atoms with Gasteiger partial charge >= 0.3 is 0 Å². The number of pyridine rings is 4. The van der Waals surface area contributed by atoms with Crippen LogP contribution in [-0.4, -0.2) is 19.9 Å². The summed E-state index contributed by atoms with van der Waals surface area (Å²) in [4.78, 5) is 22.8. The van der Waals surface area contributed by atoms with Gasteiger partial charge in [-0.1, -0.05) is 84.9 Å². The van der Waals surface area contributed by atoms with E-state index in [1.807, 2.05) is 73.8 Å². The van der Waals surface area contributed by atoms with E-state index in [1.54, 1.807) is 0 Å². The lowest BCUT2D eigenvalue weighted by Crippen LogP contribution is -2.12. The third-order valence-electron chi connectivity index (χ3n) is 10.1. The van der Waals surface area contributed by atoms with Crippen molar-refractivity contribution in [3.8, 4) is 22.3 Å². The number of rotatable bonds is 8. The summed E-state index contributed by atoms with van der Waals surface area (Å²) in [5.74, 6) is 0. The maximum atomic E-state index is 4.55. The van der Waals surface area contributed by atoms with Crippen molar-refractivity contribution in [2.75, 3.05) is 9.80 Å². The standard InChI is InChI=1S/C48H32N6/c1-3-11-33(12-4-1)43-27-45(53(35-15-7-23-49-29-35)36-16-8-24-50-30-36)41-22-20-40-44(34-13-5-2-6-14-34)28-46(42-21-19-39(43)47(41)48(40)42)54(37-17-9-25-51-31-37)38-18-10-26-52-32-38/h1-32H. The molecule has 0 saturated carbocycles. The van der Waals surface area contributed by atoms with E-state index >= 15 is 0 Å². The number of anilines is 6. The predicted molar refractivity (Wildman–Crippen MR) is 222 cm³/mol. The molecule has 0 unspecified atom stereocenters. The summed E-state index contributed by atoms with van der Waals surface area (Å²) in [6.07, 6.45) is 14.9. The van der Waals surface area contributed by atoms with Crippen molar-refractivity contribution < 1.29 is 0 Å². The third kappa shape index (κ3) is 5.28. The molecule has 6 nitrogen and oxygen atoms in total. The second-order valence-electron chi connectivity index (χ2n) is 13.2. The van der Waals surface area contributed by atoms with E-state index < -0.39 is 0 Å². The number of nitrogens with zero attached hydrogens (tertiary/aromatic N) is 6. The molecule has 6 heteroatoms. The molecule has 0 aliphatic heterocycles. The second kappa shape index (κ2) is 13.3. The van der Waals surface area contributed by atoms with Gasteiger partial charge < -0.3 is 9.80 Å². The van der Waals surface area contributed by atoms with Crippen LogP contribution in [0, 0.1) is 0 Å². The first kappa shape index (κ1) is 31.3. The molecule has 0 bridgehead atoms. The maximum Gasteiger partial charge on any atom is 0.0645 e. The van der Waals surface area contributed by atoms with E-state index in [-0.39, 0.29) is 0 Å². The molecule has 0 radical (unpaired) electrons. The van der Waals surface area contributed by atoms with Crippen LogP contribution >= 0.6 is 0 Å². The highest BCUT2D eigenvalue weighted by molar-refractivity contribution is 6.32. The van der Waals surface area contributed by atoms with E-state index in [4.69, 9.17) is 0 Å². The highest BCUT2D eigenvalue weighted by atomic mass is 15.2. The van der Waals surface area contributed by atoms with Crippen LogP contribution in [0.1, 0.15) is 0 Å². The Kier molecular flexibility index (Phi) is 7.69. The van der Waals surface area contributed by atoms with Gasteiger partial charge in [-0.3, -0.25) is 19.9 Å². The number of benzene rings is 6. The van der Waals surface area contributed by atoms with Gasteiger partial charge in [0.05, 0.1) is 58.9 Å². The fourth-order valence-corrected chi connectivity index (χ4v) is 7.84. The molecule has 0 aliphatic carbocycles. The monoisotopic (exact) mass is 692 g/mol. The Morgan fingerprint density at radius 2 is 0.648 bits per heavy atom. The van der Waals surface area contributed by atoms with Crippen molar-refractivity contribution in [2.45, 2.75) is 0 Å². The summed E-state index contributed by atoms with van der Waals surface area (Å²) in [6, 6.07) is 51.5. The molecule has 0 spiro atoms. The molecular weight excluding hydrogens is 661 g/mol. The van der Waals surface area contributed by atoms with Crippen molar-refractivity contribution in [3.63, 3.8) is 0 Å². The van der Waals surface area contributed by atoms with Crippen molar-refractivity contribution in [2.24, 2.45) is 0 Å². The molecule has 10 rings (SSSR count). The zero-order valence-electron chi connectivity index (χ0n) is 29.2. The Balaban J connectivity index is 1.39. The van der Waals surface area contributed by atoms with E-state index in [0.717, 1.165) is 67.2 Å². The minimum absolute atomic E-state index is 0.949. The number of hydrogen-bond acceptors (Lipinski definition) is 6. The Labute approximate surface area is 312 Å². The molecular formula is C48H32N6. The van der Waals surface area contributed by atoms with Gasteiger partial charge in [-0.05, 0) is 93.7 Å². The SMILES string of the molecule is c1ccc(-c2cc(N(c3cccnc3)c3cccnc3)c3ccc4c(-c5ccccc5)cc(N(c5cccnc5)c5cccnc5)c5ccc2c3c45)cc1. The fraction of sp³-hybridized carbons (Fsp3) is 0. The van der Waals surface area contributed by atoms with Gasteiger partial charge in [0.2, 0.25) is 0 Å². The molecule has 4 heterocycles. The molecule has 6 aromatic carbocycles. The Morgan fingerprint density at radius 1 is 0.315 bits per heavy atom. The van der Waals surface area contributed by atoms with Crippen LogP contribution < -0.4 is 9.80 Å². The van der Waals surface area contributed by atoms with Crippen LogP contribution in [0.5, 0.6) is 0 Å². The van der Waals surface area contributed by atoms with Gasteiger partial charge in [-0.25, -0.2) is 0 Å². The van der Waals surface area contributed by atoms with E-state index in [0.29, 0.717) is 0 Å². The van der Waals surface area contributed by atoms with Crippen LogP contribution in [0.2, 0.25) is 0 Å². The van der Waals surface area contributed by atoms with Crippen LogP contribution in [0.15, 0.2) is 195 Å². The van der Waals surface area contributed by atoms with Crippen molar-refractivity contribution in [1.82, 2.24) is 19.9 Å². The van der Waals surface area contributed by atoms with E-state index in [1.165, 1.54) is 21.5 Å². The highest BCUT2D eigenvalue weighted by Gasteiger charge is 2.25. The first-order valence-corrected chi connectivity index (χ1v) is 17.9. The fourth-order valence-electron chi connectivity index (χ4n) is 7.84. The minimum Gasteiger partial charge on any atom is -0.307 e. The van der Waals surface area contributed by atoms with Gasteiger partial charge in [0.25, 0.3) is 0 Å². The average molecular weight is 693 g/mol. The van der Waals surface area contributed by atoms with Gasteiger partial charge in [0.15, 0.2) is 0 Å². The molecule has 0 fully saturated rings. The summed E-state index contributed by atoms with van der Waals surface area (Å²) in [5.41, 5.74) is 10.5. The first-order chi connectivity index (χ1) is 26.8. The Morgan fingerprint density at radius 3 is 0.963 bits per heavy atom. The lowest BCUT2D eigenvalue weighted by atomic mass is 9.85. The summed E-state index contributed by atoms with van der Waals surface area (Å²) < 4.78 is 0. The zero-order chi connectivity index (χ0) is 35.8. The maximum absolute atomic E-state index is 4.55. The topological polar surface area (TPSA) is 58.0 Å². The molecule has 254 valence electrons. The van der Waals surface area contributed by atoms with Crippen molar-refractivity contribution in [3.05, 3.63) is 195 Å². The third-order valence-corrected chi connectivity index (χ3v) is 10.1. The molecule has 0 N–H and O–H groups in total. The smallest absolute Gasteiger partial charge is 0.0645 e. The second-order valence-corrected chi connectivity index (χ2v) is 13.2. The normalized spacial score (nSPS) is 11.3. The van der Waals surface area contributed by atoms with E-state index in [9.17, 15) is 0 Å². The summed E-state index contributed by atoms with van der Waals surface area (Å²) in [6.45, 7) is 0. The number of aromatic nitrogens is 4. The lowest BCUT2D eigenvalue weighted by Gasteiger charge is -2.30. The van der Waals surface area contributed by atoms with Crippen LogP contribution in [-0.2, 0) is 0 Å². The lowest BCUT2D eigenvalue weighted by molar-refractivity contribution is 1.21. The van der Waals surface area contributed by atoms with E-state index in [2.05, 4.69) is 151 Å². The summed E-state index contributed by atoms with van der Waals surface area (Å²) in [5, 5.41) is 6.99. The predicted octanol–water partition coefficient (Wildman–Crippen LogP) is 12.4. The Bertz CT molecular complexity index is 2570.